The zero-order valence-corrected chi connectivity index (χ0v) is 16.6. The molecule has 0 bridgehead atoms. The fourth-order valence-electron chi connectivity index (χ4n) is 2.93. The summed E-state index contributed by atoms with van der Waals surface area (Å²) >= 11 is 0. The number of carbonyl (C=O) groups excluding carboxylic acids is 1. The Morgan fingerprint density at radius 3 is 2.32 bits per heavy atom. The fourth-order valence-corrected chi connectivity index (χ4v) is 2.93. The molecule has 0 saturated heterocycles. The van der Waals surface area contributed by atoms with Gasteiger partial charge in [-0.1, -0.05) is 42.0 Å². The van der Waals surface area contributed by atoms with Gasteiger partial charge in [0.15, 0.2) is 5.70 Å². The maximum absolute atomic E-state index is 12.1. The third-order valence-corrected chi connectivity index (χ3v) is 4.66. The van der Waals surface area contributed by atoms with E-state index < -0.39 is 10.9 Å². The number of non-ortho nitro benzene ring substituents is 1. The number of nitro groups is 1. The van der Waals surface area contributed by atoms with E-state index >= 15 is 0 Å². The Morgan fingerprint density at radius 2 is 1.68 bits per heavy atom. The Balaban J connectivity index is 1.44. The summed E-state index contributed by atoms with van der Waals surface area (Å²) in [5, 5.41) is 10.8. The van der Waals surface area contributed by atoms with E-state index in [1.165, 1.54) is 29.8 Å². The number of nitrogens with zero attached hydrogens (tertiary/aromatic N) is 2. The predicted octanol–water partition coefficient (Wildman–Crippen LogP) is 4.83. The van der Waals surface area contributed by atoms with Gasteiger partial charge in [-0.2, -0.15) is 0 Å². The molecular weight excluding hydrogens is 396 g/mol. The van der Waals surface area contributed by atoms with Gasteiger partial charge < -0.3 is 9.47 Å². The molecule has 0 saturated carbocycles. The van der Waals surface area contributed by atoms with Crippen molar-refractivity contribution in [3.8, 4) is 5.75 Å². The van der Waals surface area contributed by atoms with E-state index in [1.807, 2.05) is 55.5 Å². The molecular formula is C24H18N2O5. The number of carbonyl (C=O) groups is 1. The number of hydrogen-bond donors (Lipinski definition) is 0. The van der Waals surface area contributed by atoms with Crippen LogP contribution in [0.2, 0.25) is 0 Å². The molecule has 31 heavy (non-hydrogen) atoms. The molecule has 0 unspecified atom stereocenters. The number of aliphatic imine (C=N–C) groups is 1. The van der Waals surface area contributed by atoms with Crippen LogP contribution in [0, 0.1) is 17.0 Å². The summed E-state index contributed by atoms with van der Waals surface area (Å²) in [7, 11) is 0. The normalized spacial score (nSPS) is 14.3. The Morgan fingerprint density at radius 1 is 1.00 bits per heavy atom. The van der Waals surface area contributed by atoms with Crippen LogP contribution in [-0.2, 0) is 16.1 Å². The first-order chi connectivity index (χ1) is 15.0. The van der Waals surface area contributed by atoms with Gasteiger partial charge in [0.05, 0.1) is 4.92 Å². The van der Waals surface area contributed by atoms with Gasteiger partial charge in [0.1, 0.15) is 12.4 Å². The number of esters is 1. The van der Waals surface area contributed by atoms with Gasteiger partial charge in [-0.25, -0.2) is 9.79 Å². The van der Waals surface area contributed by atoms with Gasteiger partial charge in [0.25, 0.3) is 5.69 Å². The van der Waals surface area contributed by atoms with Gasteiger partial charge in [0, 0.05) is 17.7 Å². The lowest BCUT2D eigenvalue weighted by atomic mass is 10.1. The molecule has 0 radical (unpaired) electrons. The number of nitro benzene ring substituents is 1. The topological polar surface area (TPSA) is 91.0 Å². The molecule has 154 valence electrons. The SMILES string of the molecule is Cc1ccc(COc2ccc(/C=C3\N=C(c4ccc([N+](=O)[O-])cc4)OC3=O)cc2)cc1. The van der Waals surface area contributed by atoms with Crippen molar-refractivity contribution in [3.05, 3.63) is 111 Å². The minimum Gasteiger partial charge on any atom is -0.489 e. The molecule has 0 spiro atoms. The summed E-state index contributed by atoms with van der Waals surface area (Å²) in [6.45, 7) is 2.51. The van der Waals surface area contributed by atoms with E-state index in [9.17, 15) is 14.9 Å². The van der Waals surface area contributed by atoms with E-state index in [2.05, 4.69) is 4.99 Å². The van der Waals surface area contributed by atoms with Crippen molar-refractivity contribution in [3.63, 3.8) is 0 Å². The second-order valence-corrected chi connectivity index (χ2v) is 6.98. The Hall–Kier alpha value is -4.26. The highest BCUT2D eigenvalue weighted by Crippen LogP contribution is 2.22. The van der Waals surface area contributed by atoms with Crippen LogP contribution in [0.25, 0.3) is 6.08 Å². The third kappa shape index (κ3) is 4.84. The van der Waals surface area contributed by atoms with Crippen LogP contribution in [0.15, 0.2) is 83.5 Å². The minimum atomic E-state index is -0.576. The van der Waals surface area contributed by atoms with E-state index in [1.54, 1.807) is 6.08 Å². The van der Waals surface area contributed by atoms with Gasteiger partial charge in [-0.05, 0) is 48.4 Å². The van der Waals surface area contributed by atoms with E-state index in [0.717, 1.165) is 11.1 Å². The first-order valence-corrected chi connectivity index (χ1v) is 9.54. The molecule has 7 nitrogen and oxygen atoms in total. The molecule has 0 amide bonds. The van der Waals surface area contributed by atoms with Crippen LogP contribution in [-0.4, -0.2) is 16.8 Å². The molecule has 3 aromatic rings. The number of cyclic esters (lactones) is 1. The van der Waals surface area contributed by atoms with Gasteiger partial charge in [-0.15, -0.1) is 0 Å². The second-order valence-electron chi connectivity index (χ2n) is 6.98. The van der Waals surface area contributed by atoms with Crippen molar-refractivity contribution in [2.75, 3.05) is 0 Å². The average Bonchev–Trinajstić information content (AvgIpc) is 3.14. The van der Waals surface area contributed by atoms with Crippen LogP contribution in [0.4, 0.5) is 5.69 Å². The molecule has 0 aliphatic carbocycles. The summed E-state index contributed by atoms with van der Waals surface area (Å²) in [6.07, 6.45) is 1.62. The Bertz CT molecular complexity index is 1180. The molecule has 0 fully saturated rings. The molecule has 4 rings (SSSR count). The van der Waals surface area contributed by atoms with Crippen LogP contribution in [0.1, 0.15) is 22.3 Å². The molecule has 1 heterocycles. The van der Waals surface area contributed by atoms with Crippen molar-refractivity contribution in [2.24, 2.45) is 4.99 Å². The maximum Gasteiger partial charge on any atom is 0.363 e. The highest BCUT2D eigenvalue weighted by atomic mass is 16.6. The van der Waals surface area contributed by atoms with Gasteiger partial charge in [-0.3, -0.25) is 10.1 Å². The number of aryl methyl sites for hydroxylation is 1. The number of hydrogen-bond acceptors (Lipinski definition) is 6. The second kappa shape index (κ2) is 8.62. The Labute approximate surface area is 178 Å². The first-order valence-electron chi connectivity index (χ1n) is 9.54. The molecule has 1 aliphatic rings. The monoisotopic (exact) mass is 414 g/mol. The van der Waals surface area contributed by atoms with E-state index in [0.29, 0.717) is 17.9 Å². The largest absolute Gasteiger partial charge is 0.489 e. The van der Waals surface area contributed by atoms with Crippen LogP contribution < -0.4 is 4.74 Å². The molecule has 3 aromatic carbocycles. The average molecular weight is 414 g/mol. The lowest BCUT2D eigenvalue weighted by molar-refractivity contribution is -0.384. The summed E-state index contributed by atoms with van der Waals surface area (Å²) in [5.41, 5.74) is 3.64. The van der Waals surface area contributed by atoms with Crippen molar-refractivity contribution in [2.45, 2.75) is 13.5 Å². The van der Waals surface area contributed by atoms with E-state index in [-0.39, 0.29) is 17.3 Å². The quantitative estimate of drug-likeness (QED) is 0.249. The number of benzene rings is 3. The standard InChI is InChI=1S/C24H18N2O5/c1-16-2-4-18(5-3-16)15-30-21-12-6-17(7-13-21)14-22-24(27)31-23(25-22)19-8-10-20(11-9-19)26(28)29/h2-14H,15H2,1H3/b22-14-. The van der Waals surface area contributed by atoms with Crippen molar-refractivity contribution >= 4 is 23.6 Å². The fraction of sp³-hybridized carbons (Fsp3) is 0.0833. The summed E-state index contributed by atoms with van der Waals surface area (Å²) in [4.78, 5) is 26.6. The Kier molecular flexibility index (Phi) is 5.57. The molecule has 1 aliphatic heterocycles. The zero-order chi connectivity index (χ0) is 21.8. The zero-order valence-electron chi connectivity index (χ0n) is 16.6. The van der Waals surface area contributed by atoms with Crippen LogP contribution in [0.3, 0.4) is 0 Å². The minimum absolute atomic E-state index is 0.0471. The van der Waals surface area contributed by atoms with Crippen LogP contribution >= 0.6 is 0 Å². The van der Waals surface area contributed by atoms with Crippen LogP contribution in [0.5, 0.6) is 5.75 Å². The highest BCUT2D eigenvalue weighted by Gasteiger charge is 2.24. The summed E-state index contributed by atoms with van der Waals surface area (Å²) in [6, 6.07) is 21.1. The number of rotatable bonds is 6. The lowest BCUT2D eigenvalue weighted by Gasteiger charge is -2.07. The molecule has 0 atom stereocenters. The predicted molar refractivity (Wildman–Crippen MR) is 116 cm³/mol. The van der Waals surface area contributed by atoms with E-state index in [4.69, 9.17) is 9.47 Å². The highest BCUT2D eigenvalue weighted by molar-refractivity contribution is 6.12. The third-order valence-electron chi connectivity index (χ3n) is 4.66. The summed E-state index contributed by atoms with van der Waals surface area (Å²) in [5.74, 6) is 0.254. The molecule has 0 N–H and O–H groups in total. The maximum atomic E-state index is 12.1. The van der Waals surface area contributed by atoms with Crippen molar-refractivity contribution < 1.29 is 19.2 Å². The lowest BCUT2D eigenvalue weighted by Crippen LogP contribution is -2.05. The number of ether oxygens (including phenoxy) is 2. The molecule has 0 aromatic heterocycles. The smallest absolute Gasteiger partial charge is 0.363 e. The first kappa shape index (κ1) is 20.0. The van der Waals surface area contributed by atoms with Gasteiger partial charge in [0.2, 0.25) is 5.90 Å². The van der Waals surface area contributed by atoms with Crippen molar-refractivity contribution in [1.82, 2.24) is 0 Å². The van der Waals surface area contributed by atoms with Crippen molar-refractivity contribution in [1.29, 1.82) is 0 Å². The molecule has 7 heteroatoms. The van der Waals surface area contributed by atoms with Gasteiger partial charge >= 0.3 is 5.97 Å². The summed E-state index contributed by atoms with van der Waals surface area (Å²) < 4.78 is 11.0.